The Balaban J connectivity index is 2.00. The first-order valence-corrected chi connectivity index (χ1v) is 7.18. The van der Waals surface area contributed by atoms with Gasteiger partial charge in [0, 0.05) is 6.42 Å². The van der Waals surface area contributed by atoms with E-state index in [1.807, 2.05) is 6.07 Å². The van der Waals surface area contributed by atoms with Crippen LogP contribution in [-0.4, -0.2) is 9.97 Å². The number of fused-ring (bicyclic) bond motifs is 1. The van der Waals surface area contributed by atoms with E-state index in [1.54, 1.807) is 6.07 Å². The Morgan fingerprint density at radius 2 is 1.80 bits per heavy atom. The Kier molecular flexibility index (Phi) is 3.45. The first-order chi connectivity index (χ1) is 9.52. The Hall–Kier alpha value is -1.51. The molecule has 0 saturated heterocycles. The van der Waals surface area contributed by atoms with Crippen LogP contribution < -0.4 is 0 Å². The molecule has 4 heteroatoms. The zero-order valence-electron chi connectivity index (χ0n) is 11.3. The lowest BCUT2D eigenvalue weighted by molar-refractivity contribution is 1.02. The predicted octanol–water partition coefficient (Wildman–Crippen LogP) is 5.08. The number of aromatic nitrogens is 2. The third kappa shape index (κ3) is 2.54. The van der Waals surface area contributed by atoms with Crippen molar-refractivity contribution in [2.75, 3.05) is 0 Å². The van der Waals surface area contributed by atoms with E-state index in [2.05, 4.69) is 42.0 Å². The molecule has 0 aliphatic carbocycles. The molecule has 1 heterocycles. The normalized spacial score (nSPS) is 11.2. The van der Waals surface area contributed by atoms with E-state index in [-0.39, 0.29) is 0 Å². The summed E-state index contributed by atoms with van der Waals surface area (Å²) in [5.74, 6) is 0.923. The molecule has 1 aromatic heterocycles. The lowest BCUT2D eigenvalue weighted by atomic mass is 10.0. The molecule has 0 bridgehead atoms. The monoisotopic (exact) mass is 304 g/mol. The number of benzene rings is 2. The second-order valence-corrected chi connectivity index (χ2v) is 5.89. The van der Waals surface area contributed by atoms with Gasteiger partial charge in [-0.25, -0.2) is 4.98 Å². The lowest BCUT2D eigenvalue weighted by Gasteiger charge is -2.04. The molecule has 0 amide bonds. The molecule has 3 aromatic rings. The van der Waals surface area contributed by atoms with Gasteiger partial charge < -0.3 is 4.98 Å². The van der Waals surface area contributed by atoms with E-state index < -0.39 is 0 Å². The molecule has 0 unspecified atom stereocenters. The van der Waals surface area contributed by atoms with E-state index in [4.69, 9.17) is 23.2 Å². The van der Waals surface area contributed by atoms with Gasteiger partial charge in [0.05, 0.1) is 21.1 Å². The molecule has 2 aromatic carbocycles. The smallest absolute Gasteiger partial charge is 0.111 e. The largest absolute Gasteiger partial charge is 0.342 e. The predicted molar refractivity (Wildman–Crippen MR) is 84.8 cm³/mol. The molecular formula is C16H14Cl2N2. The second kappa shape index (κ2) is 5.12. The van der Waals surface area contributed by atoms with Crippen molar-refractivity contribution in [2.24, 2.45) is 0 Å². The zero-order chi connectivity index (χ0) is 14.3. The van der Waals surface area contributed by atoms with E-state index in [0.29, 0.717) is 10.0 Å². The fourth-order valence-electron chi connectivity index (χ4n) is 2.31. The van der Waals surface area contributed by atoms with Crippen LogP contribution in [0, 0.1) is 13.8 Å². The third-order valence-corrected chi connectivity index (χ3v) is 4.16. The lowest BCUT2D eigenvalue weighted by Crippen LogP contribution is -1.94. The van der Waals surface area contributed by atoms with Crippen molar-refractivity contribution in [1.29, 1.82) is 0 Å². The molecule has 1 N–H and O–H groups in total. The van der Waals surface area contributed by atoms with Crippen LogP contribution in [0.2, 0.25) is 10.0 Å². The first kappa shape index (κ1) is 13.5. The molecule has 20 heavy (non-hydrogen) atoms. The molecule has 3 rings (SSSR count). The molecule has 0 aliphatic heterocycles. The van der Waals surface area contributed by atoms with Gasteiger partial charge in [0.15, 0.2) is 0 Å². The van der Waals surface area contributed by atoms with Crippen LogP contribution in [0.15, 0.2) is 30.3 Å². The highest BCUT2D eigenvalue weighted by atomic mass is 35.5. The summed E-state index contributed by atoms with van der Waals surface area (Å²) in [5.41, 5.74) is 5.57. The Morgan fingerprint density at radius 3 is 2.60 bits per heavy atom. The zero-order valence-corrected chi connectivity index (χ0v) is 12.8. The number of imidazole rings is 1. The number of aromatic amines is 1. The van der Waals surface area contributed by atoms with Gasteiger partial charge in [0.1, 0.15) is 5.82 Å². The van der Waals surface area contributed by atoms with Crippen LogP contribution in [0.4, 0.5) is 0 Å². The number of hydrogen-bond donors (Lipinski definition) is 1. The fraction of sp³-hybridized carbons (Fsp3) is 0.188. The van der Waals surface area contributed by atoms with Crippen molar-refractivity contribution < 1.29 is 0 Å². The van der Waals surface area contributed by atoms with Crippen LogP contribution in [0.25, 0.3) is 11.0 Å². The van der Waals surface area contributed by atoms with Crippen molar-refractivity contribution in [3.63, 3.8) is 0 Å². The molecule has 0 radical (unpaired) electrons. The van der Waals surface area contributed by atoms with Crippen LogP contribution >= 0.6 is 23.2 Å². The number of nitrogens with zero attached hydrogens (tertiary/aromatic N) is 1. The summed E-state index contributed by atoms with van der Waals surface area (Å²) in [4.78, 5) is 7.89. The molecule has 0 saturated carbocycles. The standard InChI is InChI=1S/C16H14Cl2N2/c1-9-3-4-10(2)11(5-9)6-16-19-14-7-12(17)13(18)8-15(14)20-16/h3-5,7-8H,6H2,1-2H3,(H,19,20). The maximum atomic E-state index is 6.02. The Labute approximate surface area is 127 Å². The molecule has 2 nitrogen and oxygen atoms in total. The average molecular weight is 305 g/mol. The van der Waals surface area contributed by atoms with Crippen molar-refractivity contribution >= 4 is 34.2 Å². The molecule has 0 aliphatic rings. The van der Waals surface area contributed by atoms with Crippen LogP contribution in [0.3, 0.4) is 0 Å². The van der Waals surface area contributed by atoms with E-state index >= 15 is 0 Å². The van der Waals surface area contributed by atoms with Crippen molar-refractivity contribution in [1.82, 2.24) is 9.97 Å². The van der Waals surface area contributed by atoms with Gasteiger partial charge >= 0.3 is 0 Å². The van der Waals surface area contributed by atoms with E-state index in [9.17, 15) is 0 Å². The third-order valence-electron chi connectivity index (χ3n) is 3.44. The number of rotatable bonds is 2. The quantitative estimate of drug-likeness (QED) is 0.703. The van der Waals surface area contributed by atoms with Gasteiger partial charge in [-0.05, 0) is 37.1 Å². The highest BCUT2D eigenvalue weighted by Crippen LogP contribution is 2.27. The summed E-state index contributed by atoms with van der Waals surface area (Å²) in [5, 5.41) is 1.07. The number of aryl methyl sites for hydroxylation is 2. The summed E-state index contributed by atoms with van der Waals surface area (Å²) in [6, 6.07) is 10.1. The van der Waals surface area contributed by atoms with Crippen molar-refractivity contribution in [3.8, 4) is 0 Å². The van der Waals surface area contributed by atoms with Gasteiger partial charge in [-0.15, -0.1) is 0 Å². The molecule has 0 fully saturated rings. The maximum Gasteiger partial charge on any atom is 0.111 e. The summed E-state index contributed by atoms with van der Waals surface area (Å²) in [6.07, 6.45) is 0.775. The van der Waals surface area contributed by atoms with Gasteiger partial charge in [0.25, 0.3) is 0 Å². The Morgan fingerprint density at radius 1 is 1.05 bits per heavy atom. The SMILES string of the molecule is Cc1ccc(C)c(Cc2nc3cc(Cl)c(Cl)cc3[nH]2)c1. The summed E-state index contributed by atoms with van der Waals surface area (Å²) in [7, 11) is 0. The van der Waals surface area contributed by atoms with E-state index in [0.717, 1.165) is 23.3 Å². The average Bonchev–Trinajstić information content (AvgIpc) is 2.76. The maximum absolute atomic E-state index is 6.02. The summed E-state index contributed by atoms with van der Waals surface area (Å²) >= 11 is 12.0. The van der Waals surface area contributed by atoms with Crippen LogP contribution in [-0.2, 0) is 6.42 Å². The van der Waals surface area contributed by atoms with Crippen molar-refractivity contribution in [3.05, 3.63) is 62.9 Å². The number of H-pyrrole nitrogens is 1. The minimum absolute atomic E-state index is 0.531. The number of nitrogens with one attached hydrogen (secondary N) is 1. The van der Waals surface area contributed by atoms with Crippen LogP contribution in [0.1, 0.15) is 22.5 Å². The number of hydrogen-bond acceptors (Lipinski definition) is 1. The summed E-state index contributed by atoms with van der Waals surface area (Å²) < 4.78 is 0. The van der Waals surface area contributed by atoms with Gasteiger partial charge in [-0.1, -0.05) is 47.0 Å². The summed E-state index contributed by atoms with van der Waals surface area (Å²) in [6.45, 7) is 4.21. The highest BCUT2D eigenvalue weighted by Gasteiger charge is 2.08. The highest BCUT2D eigenvalue weighted by molar-refractivity contribution is 6.42. The van der Waals surface area contributed by atoms with Gasteiger partial charge in [-0.2, -0.15) is 0 Å². The molecule has 0 spiro atoms. The van der Waals surface area contributed by atoms with Gasteiger partial charge in [0.2, 0.25) is 0 Å². The fourth-order valence-corrected chi connectivity index (χ4v) is 2.63. The van der Waals surface area contributed by atoms with Crippen LogP contribution in [0.5, 0.6) is 0 Å². The molecule has 0 atom stereocenters. The first-order valence-electron chi connectivity index (χ1n) is 6.43. The molecule has 102 valence electrons. The topological polar surface area (TPSA) is 28.7 Å². The minimum Gasteiger partial charge on any atom is -0.342 e. The minimum atomic E-state index is 0.531. The van der Waals surface area contributed by atoms with Crippen molar-refractivity contribution in [2.45, 2.75) is 20.3 Å². The second-order valence-electron chi connectivity index (χ2n) is 5.07. The Bertz CT molecular complexity index is 752. The van der Waals surface area contributed by atoms with Gasteiger partial charge in [-0.3, -0.25) is 0 Å². The van der Waals surface area contributed by atoms with E-state index in [1.165, 1.54) is 16.7 Å². The molecular weight excluding hydrogens is 291 g/mol. The number of halogens is 2.